The Labute approximate surface area is 109 Å². The molecule has 0 fully saturated rings. The Morgan fingerprint density at radius 1 is 1.28 bits per heavy atom. The molecule has 96 valence electrons. The number of para-hydroxylation sites is 1. The van der Waals surface area contributed by atoms with E-state index < -0.39 is 0 Å². The molecule has 0 aliphatic heterocycles. The topological polar surface area (TPSA) is 18.5 Å². The zero-order valence-corrected chi connectivity index (χ0v) is 10.8. The van der Waals surface area contributed by atoms with Crippen LogP contribution in [0.4, 0.5) is 0 Å². The summed E-state index contributed by atoms with van der Waals surface area (Å²) in [5.74, 6) is 0.815. The summed E-state index contributed by atoms with van der Waals surface area (Å²) in [5.41, 5.74) is 1.11. The lowest BCUT2D eigenvalue weighted by atomic mass is 10.2. The first-order valence-corrected chi connectivity index (χ1v) is 6.03. The molecular formula is C16H20O2. The molecule has 0 aromatic heterocycles. The lowest BCUT2D eigenvalue weighted by molar-refractivity contribution is -0.0652. The molecule has 18 heavy (non-hydrogen) atoms. The fraction of sp³-hybridized carbons (Fsp3) is 0.250. The molecule has 1 atom stereocenters. The minimum absolute atomic E-state index is 0.262. The Kier molecular flexibility index (Phi) is 6.59. The highest BCUT2D eigenvalue weighted by Crippen LogP contribution is 2.12. The fourth-order valence-electron chi connectivity index (χ4n) is 1.47. The van der Waals surface area contributed by atoms with E-state index in [-0.39, 0.29) is 6.29 Å². The molecule has 2 nitrogen and oxygen atoms in total. The van der Waals surface area contributed by atoms with Crippen molar-refractivity contribution in [1.82, 2.24) is 0 Å². The van der Waals surface area contributed by atoms with Crippen LogP contribution in [0.1, 0.15) is 13.3 Å². The van der Waals surface area contributed by atoms with Gasteiger partial charge in [-0.05, 0) is 31.1 Å². The van der Waals surface area contributed by atoms with Crippen LogP contribution in [0.3, 0.4) is 0 Å². The van der Waals surface area contributed by atoms with Crippen LogP contribution in [-0.4, -0.2) is 12.9 Å². The predicted molar refractivity (Wildman–Crippen MR) is 75.6 cm³/mol. The van der Waals surface area contributed by atoms with E-state index in [2.05, 4.69) is 13.2 Å². The molecule has 0 aliphatic rings. The van der Waals surface area contributed by atoms with Gasteiger partial charge in [0.2, 0.25) is 0 Å². The van der Waals surface area contributed by atoms with E-state index in [1.54, 1.807) is 6.08 Å². The summed E-state index contributed by atoms with van der Waals surface area (Å²) >= 11 is 0. The van der Waals surface area contributed by atoms with Crippen molar-refractivity contribution < 1.29 is 9.47 Å². The largest absolute Gasteiger partial charge is 0.465 e. The third-order valence-electron chi connectivity index (χ3n) is 2.38. The first-order chi connectivity index (χ1) is 8.76. The minimum atomic E-state index is -0.262. The van der Waals surface area contributed by atoms with Gasteiger partial charge in [0.25, 0.3) is 0 Å². The molecule has 2 heteroatoms. The van der Waals surface area contributed by atoms with E-state index in [0.29, 0.717) is 6.61 Å². The molecule has 0 N–H and O–H groups in total. The van der Waals surface area contributed by atoms with E-state index in [9.17, 15) is 0 Å². The lowest BCUT2D eigenvalue weighted by Crippen LogP contribution is -2.17. The third-order valence-corrected chi connectivity index (χ3v) is 2.38. The van der Waals surface area contributed by atoms with Crippen LogP contribution < -0.4 is 4.74 Å². The van der Waals surface area contributed by atoms with Crippen molar-refractivity contribution in [3.8, 4) is 5.75 Å². The lowest BCUT2D eigenvalue weighted by Gasteiger charge is -2.15. The summed E-state index contributed by atoms with van der Waals surface area (Å²) < 4.78 is 11.2. The number of allylic oxidation sites excluding steroid dienone is 3. The van der Waals surface area contributed by atoms with Gasteiger partial charge in [0.1, 0.15) is 5.75 Å². The van der Waals surface area contributed by atoms with Gasteiger partial charge in [-0.25, -0.2) is 0 Å². The van der Waals surface area contributed by atoms with Gasteiger partial charge >= 0.3 is 0 Å². The quantitative estimate of drug-likeness (QED) is 0.506. The number of benzene rings is 1. The Bertz CT molecular complexity index is 393. The number of rotatable bonds is 8. The Balaban J connectivity index is 2.29. The van der Waals surface area contributed by atoms with Gasteiger partial charge in [-0.3, -0.25) is 0 Å². The van der Waals surface area contributed by atoms with E-state index in [0.717, 1.165) is 17.7 Å². The first-order valence-electron chi connectivity index (χ1n) is 6.03. The second kappa shape index (κ2) is 8.31. The highest BCUT2D eigenvalue weighted by Gasteiger charge is 2.03. The van der Waals surface area contributed by atoms with Gasteiger partial charge in [-0.2, -0.15) is 0 Å². The maximum absolute atomic E-state index is 5.60. The van der Waals surface area contributed by atoms with Crippen molar-refractivity contribution in [2.24, 2.45) is 0 Å². The summed E-state index contributed by atoms with van der Waals surface area (Å²) in [7, 11) is 0. The highest BCUT2D eigenvalue weighted by atomic mass is 16.7. The minimum Gasteiger partial charge on any atom is -0.465 e. The SMILES string of the molecule is C=C/C=C(\C=C)CCOC(C)Oc1ccccc1. The van der Waals surface area contributed by atoms with Gasteiger partial charge < -0.3 is 9.47 Å². The molecule has 1 rings (SSSR count). The predicted octanol–water partition coefficient (Wildman–Crippen LogP) is 4.12. The van der Waals surface area contributed by atoms with Gasteiger partial charge in [-0.1, -0.05) is 49.6 Å². The molecule has 1 aromatic rings. The monoisotopic (exact) mass is 244 g/mol. The van der Waals surface area contributed by atoms with Crippen molar-refractivity contribution in [3.63, 3.8) is 0 Å². The fourth-order valence-corrected chi connectivity index (χ4v) is 1.47. The molecule has 0 amide bonds. The molecule has 1 aromatic carbocycles. The van der Waals surface area contributed by atoms with E-state index >= 15 is 0 Å². The Morgan fingerprint density at radius 3 is 2.61 bits per heavy atom. The van der Waals surface area contributed by atoms with Crippen LogP contribution in [0.2, 0.25) is 0 Å². The Morgan fingerprint density at radius 2 is 2.00 bits per heavy atom. The molecule has 0 heterocycles. The zero-order valence-electron chi connectivity index (χ0n) is 10.8. The summed E-state index contributed by atoms with van der Waals surface area (Å²) in [6.45, 7) is 9.88. The van der Waals surface area contributed by atoms with Crippen molar-refractivity contribution in [2.45, 2.75) is 19.6 Å². The summed E-state index contributed by atoms with van der Waals surface area (Å²) in [6, 6.07) is 9.64. The zero-order chi connectivity index (χ0) is 13.2. The summed E-state index contributed by atoms with van der Waals surface area (Å²) in [6.07, 6.45) is 6.04. The number of hydrogen-bond acceptors (Lipinski definition) is 2. The molecular weight excluding hydrogens is 224 g/mol. The molecule has 1 unspecified atom stereocenters. The average molecular weight is 244 g/mol. The second-order valence-corrected chi connectivity index (χ2v) is 3.80. The smallest absolute Gasteiger partial charge is 0.196 e. The summed E-state index contributed by atoms with van der Waals surface area (Å²) in [5, 5.41) is 0. The maximum atomic E-state index is 5.60. The van der Waals surface area contributed by atoms with Gasteiger partial charge in [0, 0.05) is 0 Å². The Hall–Kier alpha value is -1.80. The van der Waals surface area contributed by atoms with Crippen molar-refractivity contribution in [3.05, 3.63) is 67.3 Å². The standard InChI is InChI=1S/C16H20O2/c1-4-9-15(5-2)12-13-17-14(3)18-16-10-7-6-8-11-16/h4-11,14H,1-2,12-13H2,3H3/b15-9+. The van der Waals surface area contributed by atoms with Gasteiger partial charge in [-0.15, -0.1) is 0 Å². The molecule has 0 spiro atoms. The summed E-state index contributed by atoms with van der Waals surface area (Å²) in [4.78, 5) is 0. The second-order valence-electron chi connectivity index (χ2n) is 3.80. The van der Waals surface area contributed by atoms with E-state index in [1.807, 2.05) is 49.4 Å². The van der Waals surface area contributed by atoms with Gasteiger partial charge in [0.05, 0.1) is 6.61 Å². The van der Waals surface area contributed by atoms with Crippen LogP contribution in [0, 0.1) is 0 Å². The van der Waals surface area contributed by atoms with Crippen molar-refractivity contribution in [2.75, 3.05) is 6.61 Å². The van der Waals surface area contributed by atoms with Crippen LogP contribution >= 0.6 is 0 Å². The molecule has 0 aliphatic carbocycles. The average Bonchev–Trinajstić information content (AvgIpc) is 2.39. The number of hydrogen-bond donors (Lipinski definition) is 0. The van der Waals surface area contributed by atoms with Crippen LogP contribution in [0.25, 0.3) is 0 Å². The van der Waals surface area contributed by atoms with E-state index in [1.165, 1.54) is 0 Å². The maximum Gasteiger partial charge on any atom is 0.196 e. The molecule has 0 saturated heterocycles. The van der Waals surface area contributed by atoms with Crippen LogP contribution in [-0.2, 0) is 4.74 Å². The van der Waals surface area contributed by atoms with Crippen molar-refractivity contribution in [1.29, 1.82) is 0 Å². The number of ether oxygens (including phenoxy) is 2. The third kappa shape index (κ3) is 5.51. The van der Waals surface area contributed by atoms with Crippen LogP contribution in [0.15, 0.2) is 67.3 Å². The molecule has 0 radical (unpaired) electrons. The normalized spacial score (nSPS) is 12.8. The highest BCUT2D eigenvalue weighted by molar-refractivity contribution is 5.21. The van der Waals surface area contributed by atoms with Gasteiger partial charge in [0.15, 0.2) is 6.29 Å². The van der Waals surface area contributed by atoms with E-state index in [4.69, 9.17) is 9.47 Å². The molecule has 0 saturated carbocycles. The van der Waals surface area contributed by atoms with Crippen molar-refractivity contribution >= 4 is 0 Å². The molecule has 0 bridgehead atoms. The van der Waals surface area contributed by atoms with Crippen LogP contribution in [0.5, 0.6) is 5.75 Å². The first kappa shape index (κ1) is 14.3.